The topological polar surface area (TPSA) is 12.4 Å². The second-order valence-corrected chi connectivity index (χ2v) is 15.6. The zero-order valence-corrected chi connectivity index (χ0v) is 16.5. The Hall–Kier alpha value is 2.66. The molecule has 0 saturated carbocycles. The molecule has 14 heavy (non-hydrogen) atoms. The number of rotatable bonds is 1. The fourth-order valence-electron chi connectivity index (χ4n) is 0.744. The summed E-state index contributed by atoms with van der Waals surface area (Å²) in [4.78, 5) is 0. The van der Waals surface area contributed by atoms with Crippen molar-refractivity contribution in [1.82, 2.24) is 0 Å². The molecule has 0 aliphatic heterocycles. The van der Waals surface area contributed by atoms with Gasteiger partial charge in [-0.25, -0.2) is 0 Å². The minimum atomic E-state index is -3.27. The zero-order valence-electron chi connectivity index (χ0n) is 6.32. The molecule has 0 aliphatic carbocycles. The molecule has 0 atom stereocenters. The molecule has 78 valence electrons. The van der Waals surface area contributed by atoms with Crippen molar-refractivity contribution >= 4 is 103 Å². The second kappa shape index (κ2) is 6.02. The van der Waals surface area contributed by atoms with Crippen LogP contribution in [0.4, 0.5) is 5.69 Å². The van der Waals surface area contributed by atoms with Crippen molar-refractivity contribution in [2.75, 3.05) is 0 Å². The van der Waals surface area contributed by atoms with Crippen LogP contribution in [0.25, 0.3) is 0 Å². The van der Waals surface area contributed by atoms with Gasteiger partial charge in [0.25, 0.3) is 0 Å². The summed E-state index contributed by atoms with van der Waals surface area (Å²) in [5.74, 6) is 0. The molecule has 0 spiro atoms. The minimum absolute atomic E-state index is 0.805. The fourth-order valence-corrected chi connectivity index (χ4v) is 6.80. The van der Waals surface area contributed by atoms with Crippen molar-refractivity contribution in [2.24, 2.45) is 3.79 Å². The van der Waals surface area contributed by atoms with E-state index in [1.807, 2.05) is 12.1 Å². The molecule has 1 aromatic rings. The van der Waals surface area contributed by atoms with Gasteiger partial charge in [-0.1, -0.05) is 0 Å². The van der Waals surface area contributed by atoms with E-state index in [2.05, 4.69) is 71.6 Å². The fraction of sp³-hybridized carbons (Fsp3) is 0. The molecule has 0 N–H and O–H groups in total. The molecule has 0 unspecified atom stereocenters. The van der Waals surface area contributed by atoms with Gasteiger partial charge in [-0.05, 0) is 0 Å². The number of halogens is 6. The first-order chi connectivity index (χ1) is 6.29. The Bertz CT molecular complexity index is 386. The van der Waals surface area contributed by atoms with E-state index in [1.165, 1.54) is 0 Å². The summed E-state index contributed by atoms with van der Waals surface area (Å²) in [6, 6.07) is 4.02. The van der Waals surface area contributed by atoms with E-state index < -0.39 is 11.0 Å². The summed E-state index contributed by atoms with van der Waals surface area (Å²) in [7, 11) is 14.1. The second-order valence-electron chi connectivity index (χ2n) is 2.24. The third-order valence-corrected chi connectivity index (χ3v) is 5.06. The van der Waals surface area contributed by atoms with Crippen molar-refractivity contribution < 1.29 is 11.0 Å². The third kappa shape index (κ3) is 4.89. The van der Waals surface area contributed by atoms with Crippen LogP contribution in [0.3, 0.4) is 0 Å². The maximum absolute atomic E-state index is 5.78. The molecular weight excluding hydrogens is 624 g/mol. The maximum atomic E-state index is 5.78. The predicted octanol–water partition coefficient (Wildman–Crippen LogP) is 5.93. The van der Waals surface area contributed by atoms with Crippen LogP contribution in [0.5, 0.6) is 0 Å². The summed E-state index contributed by atoms with van der Waals surface area (Å²) in [6.07, 6.45) is 0. The van der Waals surface area contributed by atoms with E-state index in [4.69, 9.17) is 29.5 Å². The molecule has 1 rings (SSSR count). The molecule has 0 radical (unpaired) electrons. The van der Waals surface area contributed by atoms with Crippen LogP contribution in [0.2, 0.25) is 0 Å². The van der Waals surface area contributed by atoms with Crippen LogP contribution in [-0.2, 0) is 11.0 Å². The van der Waals surface area contributed by atoms with Crippen molar-refractivity contribution in [2.45, 2.75) is 0 Å². The van der Waals surface area contributed by atoms with Crippen molar-refractivity contribution in [3.05, 3.63) is 22.8 Å². The molecule has 0 bridgehead atoms. The van der Waals surface area contributed by atoms with Crippen molar-refractivity contribution in [3.8, 4) is 0 Å². The molecular formula is C6H2Cl3I3NV. The van der Waals surface area contributed by atoms with Crippen LogP contribution in [-0.4, -0.2) is 0 Å². The molecule has 0 fully saturated rings. The monoisotopic (exact) mass is 625 g/mol. The predicted molar refractivity (Wildman–Crippen MR) is 84.2 cm³/mol. The van der Waals surface area contributed by atoms with E-state index in [1.54, 1.807) is 0 Å². The Labute approximate surface area is 138 Å². The van der Waals surface area contributed by atoms with E-state index in [0.29, 0.717) is 0 Å². The van der Waals surface area contributed by atoms with Gasteiger partial charge in [0.2, 0.25) is 0 Å². The number of hydrogen-bond donors (Lipinski definition) is 0. The Morgan fingerprint density at radius 3 is 1.79 bits per heavy atom. The average molecular weight is 626 g/mol. The van der Waals surface area contributed by atoms with Gasteiger partial charge in [0.15, 0.2) is 0 Å². The van der Waals surface area contributed by atoms with Crippen molar-refractivity contribution in [3.63, 3.8) is 0 Å². The van der Waals surface area contributed by atoms with Crippen LogP contribution in [0.15, 0.2) is 15.9 Å². The Balaban J connectivity index is 3.37. The molecule has 1 nitrogen and oxygen atoms in total. The summed E-state index contributed by atoms with van der Waals surface area (Å²) in [5, 5.41) is 0. The standard InChI is InChI=1S/C6H2I3N.3ClH.V/c7-3-1-4(8)6(10)5(9)2-3;;;;/h1-2H;3*1H;/q;;;;+3/p-3. The Morgan fingerprint density at radius 2 is 1.43 bits per heavy atom. The molecule has 0 aliphatic rings. The third-order valence-electron chi connectivity index (χ3n) is 1.20. The quantitative estimate of drug-likeness (QED) is 0.343. The Morgan fingerprint density at radius 1 is 1.00 bits per heavy atom. The van der Waals surface area contributed by atoms with E-state index >= 15 is 0 Å². The van der Waals surface area contributed by atoms with E-state index in [-0.39, 0.29) is 0 Å². The molecule has 0 aromatic heterocycles. The van der Waals surface area contributed by atoms with E-state index in [9.17, 15) is 0 Å². The van der Waals surface area contributed by atoms with Crippen LogP contribution < -0.4 is 0 Å². The van der Waals surface area contributed by atoms with Gasteiger partial charge in [0.05, 0.1) is 0 Å². The van der Waals surface area contributed by atoms with E-state index in [0.717, 1.165) is 16.4 Å². The summed E-state index contributed by atoms with van der Waals surface area (Å²) >= 11 is 6.65. The molecule has 1 aromatic carbocycles. The van der Waals surface area contributed by atoms with Gasteiger partial charge in [0, 0.05) is 0 Å². The number of hydrogen-bond acceptors (Lipinski definition) is 1. The average Bonchev–Trinajstić information content (AvgIpc) is 1.95. The van der Waals surface area contributed by atoms with Gasteiger partial charge in [-0.15, -0.1) is 0 Å². The molecule has 0 amide bonds. The SMILES string of the molecule is [Cl][V]([Cl])([Cl])=[N]c1c(I)cc(I)cc1I. The normalized spacial score (nSPS) is 11.6. The van der Waals surface area contributed by atoms with Gasteiger partial charge in [0.1, 0.15) is 0 Å². The van der Waals surface area contributed by atoms with Crippen LogP contribution in [0, 0.1) is 10.7 Å². The first kappa shape index (κ1) is 14.7. The first-order valence-electron chi connectivity index (χ1n) is 3.15. The first-order valence-corrected chi connectivity index (χ1v) is 12.8. The summed E-state index contributed by atoms with van der Waals surface area (Å²) in [5.41, 5.74) is 0.805. The Kier molecular flexibility index (Phi) is 6.33. The number of nitrogens with zero attached hydrogens (tertiary/aromatic N) is 1. The van der Waals surface area contributed by atoms with Gasteiger partial charge >= 0.3 is 141 Å². The van der Waals surface area contributed by atoms with Gasteiger partial charge in [-0.2, -0.15) is 0 Å². The molecule has 0 heterocycles. The summed E-state index contributed by atoms with van der Waals surface area (Å²) in [6.45, 7) is 0. The molecule has 8 heteroatoms. The molecule has 0 saturated heterocycles. The van der Waals surface area contributed by atoms with Gasteiger partial charge < -0.3 is 0 Å². The summed E-state index contributed by atoms with van der Waals surface area (Å²) < 4.78 is 7.38. The van der Waals surface area contributed by atoms with Crippen molar-refractivity contribution in [1.29, 1.82) is 0 Å². The number of benzene rings is 1. The van der Waals surface area contributed by atoms with Crippen LogP contribution >= 0.6 is 97.3 Å². The van der Waals surface area contributed by atoms with Gasteiger partial charge in [-0.3, -0.25) is 0 Å². The van der Waals surface area contributed by atoms with Crippen LogP contribution in [0.1, 0.15) is 0 Å². The zero-order chi connectivity index (χ0) is 10.9.